The third-order valence-corrected chi connectivity index (χ3v) is 15.6. The third-order valence-electron chi connectivity index (χ3n) is 12.1. The van der Waals surface area contributed by atoms with Crippen molar-refractivity contribution in [3.63, 3.8) is 0 Å². The summed E-state index contributed by atoms with van der Waals surface area (Å²) in [6.45, 7) is 0.796. The smallest absolute Gasteiger partial charge is 0.349 e. The first kappa shape index (κ1) is 45.4. The van der Waals surface area contributed by atoms with Crippen molar-refractivity contribution in [2.45, 2.75) is 62.3 Å². The number of imidazole rings is 1. The number of benzene rings is 3. The number of halogens is 1. The van der Waals surface area contributed by atoms with Crippen LogP contribution in [0.15, 0.2) is 71.5 Å². The van der Waals surface area contributed by atoms with Crippen molar-refractivity contribution in [1.82, 2.24) is 23.7 Å². The predicted molar refractivity (Wildman–Crippen MR) is 243 cm³/mol. The summed E-state index contributed by atoms with van der Waals surface area (Å²) in [5, 5.41) is 27.4. The van der Waals surface area contributed by atoms with E-state index in [-0.39, 0.29) is 76.9 Å². The summed E-state index contributed by atoms with van der Waals surface area (Å²) in [5.74, 6) is -3.72. The van der Waals surface area contributed by atoms with Crippen molar-refractivity contribution in [3.05, 3.63) is 98.2 Å². The van der Waals surface area contributed by atoms with Crippen LogP contribution in [0.4, 0.5) is 16.2 Å². The van der Waals surface area contributed by atoms with Gasteiger partial charge in [-0.25, -0.2) is 31.9 Å². The number of thiophene rings is 1. The highest BCUT2D eigenvalue weighted by atomic mass is 35.5. The summed E-state index contributed by atoms with van der Waals surface area (Å²) in [4.78, 5) is 75.8. The fourth-order valence-electron chi connectivity index (χ4n) is 8.77. The van der Waals surface area contributed by atoms with Crippen LogP contribution in [-0.4, -0.2) is 106 Å². The van der Waals surface area contributed by atoms with Gasteiger partial charge in [0.25, 0.3) is 0 Å². The summed E-state index contributed by atoms with van der Waals surface area (Å²) in [6.07, 6.45) is 2.84. The Bertz CT molecular complexity index is 2880. The number of ether oxygens (including phenoxy) is 1. The molecule has 1 atom stereocenters. The van der Waals surface area contributed by atoms with E-state index in [4.69, 9.17) is 21.4 Å². The van der Waals surface area contributed by atoms with Gasteiger partial charge in [0.15, 0.2) is 17.2 Å². The van der Waals surface area contributed by atoms with Crippen LogP contribution in [0, 0.1) is 0 Å². The normalized spacial score (nSPS) is 17.8. The number of rotatable bonds is 13. The lowest BCUT2D eigenvalue weighted by Gasteiger charge is -2.32. The molecule has 5 heterocycles. The Labute approximate surface area is 381 Å². The van der Waals surface area contributed by atoms with Gasteiger partial charge in [0.2, 0.25) is 21.8 Å². The number of anilines is 2. The number of carbonyl (C=O) groups is 5. The Morgan fingerprint density at radius 2 is 1.62 bits per heavy atom. The van der Waals surface area contributed by atoms with Crippen LogP contribution in [0.25, 0.3) is 21.5 Å². The molecule has 0 spiro atoms. The number of nitrogens with zero attached hydrogens (tertiary/aromatic N) is 4. The number of aromatic carboxylic acids is 1. The van der Waals surface area contributed by atoms with Crippen LogP contribution in [0.3, 0.4) is 0 Å². The number of sulfonamides is 1. The third kappa shape index (κ3) is 9.75. The van der Waals surface area contributed by atoms with Gasteiger partial charge in [-0.1, -0.05) is 41.9 Å². The molecule has 0 aliphatic carbocycles. The van der Waals surface area contributed by atoms with Gasteiger partial charge in [-0.05, 0) is 91.1 Å². The second-order valence-corrected chi connectivity index (χ2v) is 19.7. The lowest BCUT2D eigenvalue weighted by Crippen LogP contribution is -2.44. The Morgan fingerprint density at radius 3 is 2.32 bits per heavy atom. The molecule has 4 amide bonds. The number of aryl methyl sites for hydroxylation is 1. The van der Waals surface area contributed by atoms with Gasteiger partial charge in [0.1, 0.15) is 11.1 Å². The monoisotopic (exact) mass is 947 g/mol. The summed E-state index contributed by atoms with van der Waals surface area (Å²) < 4.78 is 36.9. The molecule has 342 valence electrons. The van der Waals surface area contributed by atoms with E-state index in [9.17, 15) is 42.3 Å². The molecule has 5 aromatic rings. The standard InChI is InChI=1S/C44H46ClN7O11S2/c1-49-34-22-27(8-9-32(34)52(44(49)60)33-10-11-35(53)48-41(33)56)26-12-16-50(17-13-26)43(59)47-30-6-2-4-25(20-30)24-65(61,62)51-18-14-29(15-19-51)46-31-7-3-5-28(21-31)39-37(45)38(63-23-36(54)55)40(64-39)42(57)58/h2-9,20-22,26,29,33,46H,10-19,23-24H2,1H3,(H,47,59)(H,54,55)(H,57,58)(H,48,53,56). The molecular formula is C44H46ClN7O11S2. The van der Waals surface area contributed by atoms with Gasteiger partial charge in [-0.15, -0.1) is 11.3 Å². The number of nitrogens with one attached hydrogen (secondary N) is 3. The number of hydrogen-bond donors (Lipinski definition) is 5. The van der Waals surface area contributed by atoms with Crippen LogP contribution in [0.2, 0.25) is 5.02 Å². The van der Waals surface area contributed by atoms with E-state index < -0.39 is 40.5 Å². The Balaban J connectivity index is 0.830. The number of aliphatic carboxylic acids is 1. The van der Waals surface area contributed by atoms with Gasteiger partial charge in [0, 0.05) is 57.1 Å². The van der Waals surface area contributed by atoms with Crippen molar-refractivity contribution in [1.29, 1.82) is 0 Å². The lowest BCUT2D eigenvalue weighted by atomic mass is 9.89. The predicted octanol–water partition coefficient (Wildman–Crippen LogP) is 5.68. The number of carboxylic acids is 2. The van der Waals surface area contributed by atoms with Crippen LogP contribution in [0.1, 0.15) is 71.3 Å². The first-order chi connectivity index (χ1) is 31.1. The van der Waals surface area contributed by atoms with E-state index in [0.717, 1.165) is 16.9 Å². The van der Waals surface area contributed by atoms with Crippen LogP contribution in [0.5, 0.6) is 5.75 Å². The van der Waals surface area contributed by atoms with E-state index in [1.807, 2.05) is 24.3 Å². The lowest BCUT2D eigenvalue weighted by molar-refractivity contribution is -0.139. The number of amides is 4. The molecule has 1 unspecified atom stereocenters. The van der Waals surface area contributed by atoms with E-state index >= 15 is 0 Å². The molecule has 2 aromatic heterocycles. The number of aromatic nitrogens is 2. The SMILES string of the molecule is Cn1c(=O)n(C2CCC(=O)NC2=O)c2ccc(C3CCN(C(=O)Nc4cccc(CS(=O)(=O)N5CCC(Nc6cccc(-c7sc(C(=O)O)c(OCC(=O)O)c7Cl)c6)CC5)c4)CC3)cc21. The van der Waals surface area contributed by atoms with Crippen LogP contribution >= 0.6 is 22.9 Å². The molecule has 3 aliphatic rings. The van der Waals surface area contributed by atoms with Crippen LogP contribution < -0.4 is 26.4 Å². The average Bonchev–Trinajstić information content (AvgIpc) is 3.74. The minimum atomic E-state index is -3.70. The number of urea groups is 1. The van der Waals surface area contributed by atoms with Crippen molar-refractivity contribution in [2.24, 2.45) is 7.05 Å². The van der Waals surface area contributed by atoms with E-state index in [1.165, 1.54) is 13.4 Å². The fourth-order valence-corrected chi connectivity index (χ4v) is 11.7. The molecule has 3 fully saturated rings. The highest BCUT2D eigenvalue weighted by Crippen LogP contribution is 2.46. The zero-order chi connectivity index (χ0) is 46.2. The molecule has 3 saturated heterocycles. The van der Waals surface area contributed by atoms with Gasteiger partial charge in [-0.3, -0.25) is 24.0 Å². The molecule has 65 heavy (non-hydrogen) atoms. The molecule has 18 nitrogen and oxygen atoms in total. The maximum atomic E-state index is 13.6. The van der Waals surface area contributed by atoms with Crippen molar-refractivity contribution < 1.29 is 47.3 Å². The first-order valence-corrected chi connectivity index (χ1v) is 23.8. The summed E-state index contributed by atoms with van der Waals surface area (Å²) in [5.41, 5.74) is 4.33. The maximum absolute atomic E-state index is 13.6. The van der Waals surface area contributed by atoms with E-state index in [0.29, 0.717) is 77.2 Å². The van der Waals surface area contributed by atoms with Gasteiger partial charge < -0.3 is 30.5 Å². The highest BCUT2D eigenvalue weighted by molar-refractivity contribution is 7.88. The first-order valence-electron chi connectivity index (χ1n) is 21.0. The zero-order valence-corrected chi connectivity index (χ0v) is 37.5. The highest BCUT2D eigenvalue weighted by Gasteiger charge is 2.33. The molecule has 0 bridgehead atoms. The largest absolute Gasteiger partial charge is 0.479 e. The Kier molecular flexibility index (Phi) is 13.1. The molecule has 0 radical (unpaired) electrons. The second-order valence-electron chi connectivity index (χ2n) is 16.4. The number of imide groups is 1. The Hall–Kier alpha value is -6.22. The fraction of sp³-hybridized carbons (Fsp3) is 0.364. The number of carboxylic acid groups (broad SMARTS) is 2. The minimum absolute atomic E-state index is 0.000126. The minimum Gasteiger partial charge on any atom is -0.479 e. The summed E-state index contributed by atoms with van der Waals surface area (Å²) >= 11 is 7.36. The molecular weight excluding hydrogens is 902 g/mol. The zero-order valence-electron chi connectivity index (χ0n) is 35.1. The molecule has 5 N–H and O–H groups in total. The summed E-state index contributed by atoms with van der Waals surface area (Å²) in [7, 11) is -2.04. The van der Waals surface area contributed by atoms with Crippen molar-refractivity contribution in [2.75, 3.05) is 43.4 Å². The molecule has 3 aliphatic heterocycles. The molecule has 8 rings (SSSR count). The van der Waals surface area contributed by atoms with Gasteiger partial charge >= 0.3 is 23.7 Å². The number of fused-ring (bicyclic) bond motifs is 1. The van der Waals surface area contributed by atoms with Gasteiger partial charge in [-0.2, -0.15) is 0 Å². The topological polar surface area (TPSA) is 239 Å². The second kappa shape index (κ2) is 18.7. The number of carbonyl (C=O) groups excluding carboxylic acids is 3. The summed E-state index contributed by atoms with van der Waals surface area (Å²) in [6, 6.07) is 18.6. The molecule has 21 heteroatoms. The molecule has 0 saturated carbocycles. The Morgan fingerprint density at radius 1 is 0.892 bits per heavy atom. The van der Waals surface area contributed by atoms with E-state index in [1.54, 1.807) is 54.4 Å². The van der Waals surface area contributed by atoms with Crippen molar-refractivity contribution in [3.8, 4) is 16.2 Å². The quantitative estimate of drug-likeness (QED) is 0.0897. The van der Waals surface area contributed by atoms with E-state index in [2.05, 4.69) is 16.0 Å². The van der Waals surface area contributed by atoms with Crippen molar-refractivity contribution >= 4 is 85.2 Å². The maximum Gasteiger partial charge on any atom is 0.349 e. The average molecular weight is 948 g/mol. The van der Waals surface area contributed by atoms with Gasteiger partial charge in [0.05, 0.1) is 21.7 Å². The van der Waals surface area contributed by atoms with Crippen LogP contribution in [-0.2, 0) is 37.2 Å². The molecule has 3 aromatic carbocycles. The number of likely N-dealkylation sites (tertiary alicyclic amines) is 1. The number of piperidine rings is 3. The number of hydrogen-bond acceptors (Lipinski definition) is 11.